The van der Waals surface area contributed by atoms with Crippen LogP contribution in [-0.4, -0.2) is 22.7 Å². The average molecular weight is 367 g/mol. The van der Waals surface area contributed by atoms with Gasteiger partial charge in [-0.15, -0.1) is 0 Å². The van der Waals surface area contributed by atoms with Gasteiger partial charge in [0.2, 0.25) is 0 Å². The van der Waals surface area contributed by atoms with E-state index in [2.05, 4.69) is 13.8 Å². The van der Waals surface area contributed by atoms with Crippen molar-refractivity contribution in [3.05, 3.63) is 70.6 Å². The van der Waals surface area contributed by atoms with Gasteiger partial charge in [-0.1, -0.05) is 56.3 Å². The Morgan fingerprint density at radius 2 is 1.73 bits per heavy atom. The lowest BCUT2D eigenvalue weighted by Crippen LogP contribution is -2.27. The summed E-state index contributed by atoms with van der Waals surface area (Å²) in [5, 5.41) is -0.234. The van der Waals surface area contributed by atoms with Gasteiger partial charge in [-0.25, -0.2) is 0 Å². The van der Waals surface area contributed by atoms with Gasteiger partial charge in [0.05, 0.1) is 18.1 Å². The second-order valence-electron chi connectivity index (χ2n) is 6.53. The van der Waals surface area contributed by atoms with Crippen LogP contribution in [0.5, 0.6) is 5.75 Å². The van der Waals surface area contributed by atoms with Crippen LogP contribution in [0.2, 0.25) is 0 Å². The highest BCUT2D eigenvalue weighted by atomic mass is 32.2. The van der Waals surface area contributed by atoms with Crippen LogP contribution in [0.15, 0.2) is 59.5 Å². The number of ether oxygens (including phenoxy) is 1. The van der Waals surface area contributed by atoms with Gasteiger partial charge >= 0.3 is 0 Å². The van der Waals surface area contributed by atoms with Gasteiger partial charge in [0.1, 0.15) is 5.75 Å². The maximum atomic E-state index is 12.6. The fraction of sp³-hybridized carbons (Fsp3) is 0.238. The molecule has 2 amide bonds. The van der Waals surface area contributed by atoms with Crippen LogP contribution in [-0.2, 0) is 11.3 Å². The van der Waals surface area contributed by atoms with Crippen molar-refractivity contribution in [2.75, 3.05) is 6.61 Å². The van der Waals surface area contributed by atoms with Crippen molar-refractivity contribution in [3.63, 3.8) is 0 Å². The van der Waals surface area contributed by atoms with E-state index in [-0.39, 0.29) is 11.1 Å². The van der Waals surface area contributed by atoms with E-state index in [0.29, 0.717) is 24.0 Å². The Labute approximate surface area is 157 Å². The molecule has 1 saturated heterocycles. The molecule has 134 valence electrons. The van der Waals surface area contributed by atoms with Crippen molar-refractivity contribution < 1.29 is 14.3 Å². The second-order valence-corrected chi connectivity index (χ2v) is 7.52. The van der Waals surface area contributed by atoms with Crippen molar-refractivity contribution in [2.45, 2.75) is 20.4 Å². The predicted octanol–water partition coefficient (Wildman–Crippen LogP) is 4.96. The first-order chi connectivity index (χ1) is 12.5. The molecule has 0 spiro atoms. The highest BCUT2D eigenvalue weighted by Gasteiger charge is 2.34. The molecular weight excluding hydrogens is 346 g/mol. The van der Waals surface area contributed by atoms with E-state index in [1.807, 2.05) is 54.6 Å². The summed E-state index contributed by atoms with van der Waals surface area (Å²) in [4.78, 5) is 26.5. The number of carbonyl (C=O) groups is 2. The summed E-state index contributed by atoms with van der Waals surface area (Å²) in [6, 6.07) is 17.0. The average Bonchev–Trinajstić information content (AvgIpc) is 2.89. The van der Waals surface area contributed by atoms with Gasteiger partial charge in [0, 0.05) is 0 Å². The Hall–Kier alpha value is -2.53. The number of carbonyl (C=O) groups excluding carboxylic acids is 2. The Kier molecular flexibility index (Phi) is 5.78. The smallest absolute Gasteiger partial charge is 0.293 e. The van der Waals surface area contributed by atoms with Gasteiger partial charge in [-0.05, 0) is 47.0 Å². The standard InChI is InChI=1S/C21H21NO3S/c1-15(2)14-25-18-10-8-16(9-11-18)12-19-20(23)22(21(24)26-19)13-17-6-4-3-5-7-17/h3-12,15H,13-14H2,1-2H3/b19-12-. The van der Waals surface area contributed by atoms with Crippen molar-refractivity contribution in [3.8, 4) is 5.75 Å². The molecule has 0 N–H and O–H groups in total. The number of thioether (sulfide) groups is 1. The minimum Gasteiger partial charge on any atom is -0.493 e. The first kappa shape index (κ1) is 18.3. The Morgan fingerprint density at radius 3 is 2.38 bits per heavy atom. The summed E-state index contributed by atoms with van der Waals surface area (Å²) in [6.45, 7) is 5.16. The van der Waals surface area contributed by atoms with E-state index in [1.54, 1.807) is 6.08 Å². The minimum atomic E-state index is -0.246. The fourth-order valence-electron chi connectivity index (χ4n) is 2.48. The van der Waals surface area contributed by atoms with Crippen molar-refractivity contribution in [1.29, 1.82) is 0 Å². The molecule has 2 aromatic rings. The number of nitrogens with zero attached hydrogens (tertiary/aromatic N) is 1. The lowest BCUT2D eigenvalue weighted by atomic mass is 10.2. The number of hydrogen-bond donors (Lipinski definition) is 0. The van der Waals surface area contributed by atoms with Gasteiger partial charge in [-0.2, -0.15) is 0 Å². The molecule has 1 aliphatic rings. The molecule has 1 aliphatic heterocycles. The number of imide groups is 1. The molecule has 4 nitrogen and oxygen atoms in total. The molecular formula is C21H21NO3S. The lowest BCUT2D eigenvalue weighted by molar-refractivity contribution is -0.123. The molecule has 2 aromatic carbocycles. The van der Waals surface area contributed by atoms with E-state index in [1.165, 1.54) is 4.90 Å². The second kappa shape index (κ2) is 8.23. The van der Waals surface area contributed by atoms with E-state index in [9.17, 15) is 9.59 Å². The lowest BCUT2D eigenvalue weighted by Gasteiger charge is -2.12. The molecule has 0 radical (unpaired) electrons. The van der Waals surface area contributed by atoms with Crippen LogP contribution in [0.25, 0.3) is 6.08 Å². The summed E-state index contributed by atoms with van der Waals surface area (Å²) in [6.07, 6.45) is 1.75. The first-order valence-corrected chi connectivity index (χ1v) is 9.37. The number of amides is 2. The highest BCUT2D eigenvalue weighted by molar-refractivity contribution is 8.18. The third-order valence-corrected chi connectivity index (χ3v) is 4.73. The zero-order valence-electron chi connectivity index (χ0n) is 14.8. The third-order valence-electron chi connectivity index (χ3n) is 3.82. The van der Waals surface area contributed by atoms with Crippen molar-refractivity contribution in [2.24, 2.45) is 5.92 Å². The molecule has 0 saturated carbocycles. The highest BCUT2D eigenvalue weighted by Crippen LogP contribution is 2.33. The van der Waals surface area contributed by atoms with Gasteiger partial charge in [0.15, 0.2) is 0 Å². The molecule has 5 heteroatoms. The summed E-state index contributed by atoms with van der Waals surface area (Å²) in [7, 11) is 0. The number of benzene rings is 2. The maximum absolute atomic E-state index is 12.6. The van der Waals surface area contributed by atoms with Crippen LogP contribution in [0.4, 0.5) is 4.79 Å². The molecule has 0 aliphatic carbocycles. The third kappa shape index (κ3) is 4.55. The molecule has 0 unspecified atom stereocenters. The molecule has 3 rings (SSSR count). The van der Waals surface area contributed by atoms with Gasteiger partial charge in [0.25, 0.3) is 11.1 Å². The van der Waals surface area contributed by atoms with E-state index in [4.69, 9.17) is 4.74 Å². The van der Waals surface area contributed by atoms with Crippen LogP contribution in [0, 0.1) is 5.92 Å². The summed E-state index contributed by atoms with van der Waals surface area (Å²) in [5.41, 5.74) is 1.80. The van der Waals surface area contributed by atoms with Crippen LogP contribution < -0.4 is 4.74 Å². The zero-order valence-corrected chi connectivity index (χ0v) is 15.7. The number of rotatable bonds is 6. The fourth-order valence-corrected chi connectivity index (χ4v) is 3.32. The zero-order chi connectivity index (χ0) is 18.5. The summed E-state index contributed by atoms with van der Waals surface area (Å²) >= 11 is 0.982. The first-order valence-electron chi connectivity index (χ1n) is 8.55. The van der Waals surface area contributed by atoms with Crippen molar-refractivity contribution >= 4 is 29.0 Å². The van der Waals surface area contributed by atoms with Gasteiger partial charge < -0.3 is 4.74 Å². The minimum absolute atomic E-state index is 0.234. The summed E-state index contributed by atoms with van der Waals surface area (Å²) in [5.74, 6) is 1.02. The normalized spacial score (nSPS) is 16.0. The Bertz CT molecular complexity index is 813. The largest absolute Gasteiger partial charge is 0.493 e. The quantitative estimate of drug-likeness (QED) is 0.677. The summed E-state index contributed by atoms with van der Waals surface area (Å²) < 4.78 is 5.66. The molecule has 1 heterocycles. The maximum Gasteiger partial charge on any atom is 0.293 e. The molecule has 26 heavy (non-hydrogen) atoms. The topological polar surface area (TPSA) is 46.6 Å². The van der Waals surface area contributed by atoms with Gasteiger partial charge in [-0.3, -0.25) is 14.5 Å². The predicted molar refractivity (Wildman–Crippen MR) is 105 cm³/mol. The van der Waals surface area contributed by atoms with E-state index in [0.717, 1.165) is 28.6 Å². The Morgan fingerprint density at radius 1 is 1.04 bits per heavy atom. The number of hydrogen-bond acceptors (Lipinski definition) is 4. The molecule has 0 bridgehead atoms. The Balaban J connectivity index is 1.69. The molecule has 1 fully saturated rings. The van der Waals surface area contributed by atoms with E-state index < -0.39 is 0 Å². The van der Waals surface area contributed by atoms with E-state index >= 15 is 0 Å². The van der Waals surface area contributed by atoms with Crippen LogP contribution in [0.3, 0.4) is 0 Å². The van der Waals surface area contributed by atoms with Crippen molar-refractivity contribution in [1.82, 2.24) is 4.90 Å². The van der Waals surface area contributed by atoms with Crippen LogP contribution in [0.1, 0.15) is 25.0 Å². The molecule has 0 aromatic heterocycles. The SMILES string of the molecule is CC(C)COc1ccc(/C=C2\SC(=O)N(Cc3ccccc3)C2=O)cc1. The molecule has 0 atom stereocenters. The monoisotopic (exact) mass is 367 g/mol. The van der Waals surface area contributed by atoms with Crippen LogP contribution >= 0.6 is 11.8 Å².